The maximum atomic E-state index is 8.81. The van der Waals surface area contributed by atoms with E-state index in [0.717, 1.165) is 6.42 Å². The van der Waals surface area contributed by atoms with Crippen molar-refractivity contribution in [1.29, 1.82) is 0 Å². The average molecular weight is 286 g/mol. The quantitative estimate of drug-likeness (QED) is 0.384. The molecule has 0 aliphatic carbocycles. The van der Waals surface area contributed by atoms with Crippen LogP contribution in [0.5, 0.6) is 0 Å². The second-order valence-corrected chi connectivity index (χ2v) is 6.33. The summed E-state index contributed by atoms with van der Waals surface area (Å²) < 4.78 is 0. The lowest BCUT2D eigenvalue weighted by atomic mass is 10.0. The third-order valence-corrected chi connectivity index (χ3v) is 4.16. The number of rotatable bonds is 16. The van der Waals surface area contributed by atoms with Crippen LogP contribution in [0.25, 0.3) is 0 Å². The average Bonchev–Trinajstić information content (AvgIpc) is 2.47. The van der Waals surface area contributed by atoms with E-state index >= 15 is 0 Å². The monoisotopic (exact) mass is 285 g/mol. The number of hydrogen-bond donors (Lipinski definition) is 2. The van der Waals surface area contributed by atoms with Crippen LogP contribution < -0.4 is 5.73 Å². The van der Waals surface area contributed by atoms with Crippen molar-refractivity contribution in [2.45, 2.75) is 109 Å². The first-order valence-corrected chi connectivity index (χ1v) is 9.17. The van der Waals surface area contributed by atoms with Crippen LogP contribution in [0, 0.1) is 0 Å². The molecule has 0 bridgehead atoms. The van der Waals surface area contributed by atoms with Crippen molar-refractivity contribution in [2.75, 3.05) is 6.61 Å². The van der Waals surface area contributed by atoms with Gasteiger partial charge in [0.25, 0.3) is 0 Å². The van der Waals surface area contributed by atoms with Gasteiger partial charge in [-0.3, -0.25) is 0 Å². The summed E-state index contributed by atoms with van der Waals surface area (Å²) in [5.41, 5.74) is 5.67. The van der Waals surface area contributed by atoms with Crippen molar-refractivity contribution in [3.05, 3.63) is 0 Å². The van der Waals surface area contributed by atoms with Gasteiger partial charge in [-0.1, -0.05) is 96.8 Å². The van der Waals surface area contributed by atoms with Gasteiger partial charge in [0.2, 0.25) is 0 Å². The lowest BCUT2D eigenvalue weighted by molar-refractivity contribution is 0.257. The van der Waals surface area contributed by atoms with Gasteiger partial charge >= 0.3 is 0 Å². The minimum atomic E-state index is 0.00678. The minimum absolute atomic E-state index is 0.00678. The number of nitrogens with two attached hydrogens (primary N) is 1. The highest BCUT2D eigenvalue weighted by Gasteiger charge is 1.99. The van der Waals surface area contributed by atoms with Crippen LogP contribution in [0.15, 0.2) is 0 Å². The lowest BCUT2D eigenvalue weighted by Gasteiger charge is -2.07. The fourth-order valence-corrected chi connectivity index (χ4v) is 2.69. The number of hydrogen-bond acceptors (Lipinski definition) is 2. The first-order valence-electron chi connectivity index (χ1n) is 9.17. The molecule has 0 spiro atoms. The van der Waals surface area contributed by atoms with E-state index in [2.05, 4.69) is 6.92 Å². The Morgan fingerprint density at radius 1 is 0.650 bits per heavy atom. The minimum Gasteiger partial charge on any atom is -0.395 e. The van der Waals surface area contributed by atoms with Gasteiger partial charge in [0.15, 0.2) is 0 Å². The highest BCUT2D eigenvalue weighted by atomic mass is 16.3. The molecule has 0 fully saturated rings. The molecule has 3 N–H and O–H groups in total. The SMILES string of the molecule is CCCCCCCCCCCCCCCCC(N)CO. The third-order valence-electron chi connectivity index (χ3n) is 4.16. The summed E-state index contributed by atoms with van der Waals surface area (Å²) in [5, 5.41) is 8.81. The largest absolute Gasteiger partial charge is 0.395 e. The zero-order chi connectivity index (χ0) is 14.9. The topological polar surface area (TPSA) is 46.2 Å². The fraction of sp³-hybridized carbons (Fsp3) is 1.00. The molecule has 0 aromatic rings. The Balaban J connectivity index is 2.96. The molecule has 20 heavy (non-hydrogen) atoms. The van der Waals surface area contributed by atoms with E-state index in [0.29, 0.717) is 0 Å². The molecule has 0 radical (unpaired) electrons. The molecule has 2 heteroatoms. The van der Waals surface area contributed by atoms with Gasteiger partial charge in [-0.05, 0) is 6.42 Å². The molecule has 0 aromatic heterocycles. The van der Waals surface area contributed by atoms with Gasteiger partial charge in [-0.2, -0.15) is 0 Å². The van der Waals surface area contributed by atoms with E-state index in [4.69, 9.17) is 10.8 Å². The molecule has 0 aliphatic heterocycles. The molecule has 0 saturated carbocycles. The Hall–Kier alpha value is -0.0800. The highest BCUT2D eigenvalue weighted by molar-refractivity contribution is 4.58. The predicted molar refractivity (Wildman–Crippen MR) is 90.0 cm³/mol. The second-order valence-electron chi connectivity index (χ2n) is 6.33. The van der Waals surface area contributed by atoms with Gasteiger partial charge < -0.3 is 10.8 Å². The van der Waals surface area contributed by atoms with E-state index in [9.17, 15) is 0 Å². The molecule has 0 heterocycles. The molecule has 0 saturated heterocycles. The van der Waals surface area contributed by atoms with E-state index in [-0.39, 0.29) is 12.6 Å². The van der Waals surface area contributed by atoms with Gasteiger partial charge in [0, 0.05) is 6.04 Å². The van der Waals surface area contributed by atoms with Crippen molar-refractivity contribution in [3.63, 3.8) is 0 Å². The Bertz CT molecular complexity index is 173. The van der Waals surface area contributed by atoms with E-state index in [1.54, 1.807) is 0 Å². The van der Waals surface area contributed by atoms with Crippen molar-refractivity contribution in [1.82, 2.24) is 0 Å². The van der Waals surface area contributed by atoms with Crippen LogP contribution >= 0.6 is 0 Å². The van der Waals surface area contributed by atoms with Crippen LogP contribution in [0.1, 0.15) is 103 Å². The predicted octanol–water partition coefficient (Wildman–Crippen LogP) is 5.18. The highest BCUT2D eigenvalue weighted by Crippen LogP contribution is 2.13. The summed E-state index contributed by atoms with van der Waals surface area (Å²) in [4.78, 5) is 0. The van der Waals surface area contributed by atoms with E-state index < -0.39 is 0 Å². The van der Waals surface area contributed by atoms with Crippen molar-refractivity contribution < 1.29 is 5.11 Å². The molecule has 0 rings (SSSR count). The molecule has 0 aromatic carbocycles. The summed E-state index contributed by atoms with van der Waals surface area (Å²) in [6, 6.07) is 0.00678. The molecule has 1 unspecified atom stereocenters. The standard InChI is InChI=1S/C18H39NO/c1-2-3-4-5-6-7-8-9-10-11-12-13-14-15-16-18(19)17-20/h18,20H,2-17,19H2,1H3. The summed E-state index contributed by atoms with van der Waals surface area (Å²) in [5.74, 6) is 0. The number of aliphatic hydroxyl groups is 1. The van der Waals surface area contributed by atoms with Crippen LogP contribution in [0.4, 0.5) is 0 Å². The Kier molecular flexibility index (Phi) is 16.9. The van der Waals surface area contributed by atoms with Crippen LogP contribution in [0.2, 0.25) is 0 Å². The normalized spacial score (nSPS) is 12.8. The first-order chi connectivity index (χ1) is 9.81. The molecule has 0 amide bonds. The Morgan fingerprint density at radius 3 is 1.35 bits per heavy atom. The molecule has 2 nitrogen and oxygen atoms in total. The second kappa shape index (κ2) is 17.0. The maximum Gasteiger partial charge on any atom is 0.0582 e. The number of aliphatic hydroxyl groups excluding tert-OH is 1. The van der Waals surface area contributed by atoms with Crippen LogP contribution in [-0.2, 0) is 0 Å². The zero-order valence-corrected chi connectivity index (χ0v) is 13.9. The van der Waals surface area contributed by atoms with Crippen LogP contribution in [-0.4, -0.2) is 17.8 Å². The summed E-state index contributed by atoms with van der Waals surface area (Å²) in [7, 11) is 0. The van der Waals surface area contributed by atoms with Gasteiger partial charge in [-0.25, -0.2) is 0 Å². The summed E-state index contributed by atoms with van der Waals surface area (Å²) >= 11 is 0. The number of unbranched alkanes of at least 4 members (excludes halogenated alkanes) is 13. The summed E-state index contributed by atoms with van der Waals surface area (Å²) in [6.45, 7) is 2.42. The molecular weight excluding hydrogens is 246 g/mol. The lowest BCUT2D eigenvalue weighted by Crippen LogP contribution is -2.23. The van der Waals surface area contributed by atoms with E-state index in [1.807, 2.05) is 0 Å². The Morgan fingerprint density at radius 2 is 1.00 bits per heavy atom. The van der Waals surface area contributed by atoms with Crippen molar-refractivity contribution in [3.8, 4) is 0 Å². The van der Waals surface area contributed by atoms with Gasteiger partial charge in [0.1, 0.15) is 0 Å². The third kappa shape index (κ3) is 16.0. The smallest absolute Gasteiger partial charge is 0.0582 e. The molecule has 122 valence electrons. The van der Waals surface area contributed by atoms with Gasteiger partial charge in [-0.15, -0.1) is 0 Å². The molecular formula is C18H39NO. The summed E-state index contributed by atoms with van der Waals surface area (Å²) in [6.07, 6.45) is 20.4. The maximum absolute atomic E-state index is 8.81. The fourth-order valence-electron chi connectivity index (χ4n) is 2.69. The zero-order valence-electron chi connectivity index (χ0n) is 13.9. The molecule has 0 aliphatic rings. The van der Waals surface area contributed by atoms with Crippen LogP contribution in [0.3, 0.4) is 0 Å². The van der Waals surface area contributed by atoms with Crippen molar-refractivity contribution in [2.24, 2.45) is 5.73 Å². The first kappa shape index (κ1) is 19.9. The van der Waals surface area contributed by atoms with Gasteiger partial charge in [0.05, 0.1) is 6.61 Å². The molecule has 1 atom stereocenters. The Labute approximate surface area is 127 Å². The van der Waals surface area contributed by atoms with Crippen molar-refractivity contribution >= 4 is 0 Å². The van der Waals surface area contributed by atoms with E-state index in [1.165, 1.54) is 89.9 Å².